The molecule has 4 aromatic rings. The Morgan fingerprint density at radius 1 is 1.00 bits per heavy atom. The Morgan fingerprint density at radius 2 is 1.73 bits per heavy atom. The highest BCUT2D eigenvalue weighted by Crippen LogP contribution is 2.37. The minimum atomic E-state index is -0.456. The monoisotopic (exact) mass is 574 g/mol. The van der Waals surface area contributed by atoms with Gasteiger partial charge in [0.2, 0.25) is 0 Å². The first-order valence-corrected chi connectivity index (χ1v) is 14.0. The highest BCUT2D eigenvalue weighted by atomic mass is 32.2. The number of amides is 1. The van der Waals surface area contributed by atoms with E-state index >= 15 is 0 Å². The van der Waals surface area contributed by atoms with Crippen molar-refractivity contribution in [1.82, 2.24) is 18.7 Å². The van der Waals surface area contributed by atoms with E-state index in [2.05, 4.69) is 0 Å². The van der Waals surface area contributed by atoms with E-state index in [1.807, 2.05) is 48.2 Å². The Morgan fingerprint density at radius 3 is 2.45 bits per heavy atom. The number of benzene rings is 1. The van der Waals surface area contributed by atoms with E-state index in [1.54, 1.807) is 37.0 Å². The third kappa shape index (κ3) is 4.19. The number of morpholine rings is 1. The van der Waals surface area contributed by atoms with Gasteiger partial charge in [-0.25, -0.2) is 9.67 Å². The van der Waals surface area contributed by atoms with Crippen molar-refractivity contribution >= 4 is 57.4 Å². The number of thioether (sulfide) groups is 1. The molecule has 2 saturated heterocycles. The molecule has 5 heterocycles. The van der Waals surface area contributed by atoms with Gasteiger partial charge >= 0.3 is 0 Å². The Hall–Kier alpha value is -4.00. The molecule has 0 atom stereocenters. The third-order valence-electron chi connectivity index (χ3n) is 7.19. The highest BCUT2D eigenvalue weighted by molar-refractivity contribution is 8.27. The lowest BCUT2D eigenvalue weighted by Crippen LogP contribution is -2.38. The molecule has 40 heavy (non-hydrogen) atoms. The Kier molecular flexibility index (Phi) is 6.69. The molecule has 2 aliphatic heterocycles. The number of carbonyl (C=O) groups is 1. The second-order valence-electron chi connectivity index (χ2n) is 9.57. The van der Waals surface area contributed by atoms with Crippen LogP contribution in [0.2, 0.25) is 0 Å². The van der Waals surface area contributed by atoms with Crippen LogP contribution in [-0.2, 0) is 16.6 Å². The molecule has 6 rings (SSSR count). The molecule has 0 bridgehead atoms. The number of thiocarbonyl (C=S) groups is 1. The summed E-state index contributed by atoms with van der Waals surface area (Å²) in [5.41, 5.74) is 2.51. The number of ether oxygens (including phenoxy) is 1. The predicted molar refractivity (Wildman–Crippen MR) is 161 cm³/mol. The molecule has 0 N–H and O–H groups in total. The van der Waals surface area contributed by atoms with Gasteiger partial charge in [-0.3, -0.25) is 28.4 Å². The van der Waals surface area contributed by atoms with Gasteiger partial charge in [-0.1, -0.05) is 48.2 Å². The Labute approximate surface area is 239 Å². The van der Waals surface area contributed by atoms with E-state index in [0.29, 0.717) is 49.1 Å². The number of hydrogen-bond donors (Lipinski definition) is 0. The topological polar surface area (TPSA) is 94.1 Å². The van der Waals surface area contributed by atoms with Gasteiger partial charge in [0, 0.05) is 26.3 Å². The molecule has 1 amide bonds. The minimum absolute atomic E-state index is 0.189. The van der Waals surface area contributed by atoms with Crippen molar-refractivity contribution in [3.05, 3.63) is 91.1 Å². The Balaban J connectivity index is 1.48. The van der Waals surface area contributed by atoms with Crippen LogP contribution in [0, 0.1) is 13.8 Å². The van der Waals surface area contributed by atoms with Gasteiger partial charge in [0.15, 0.2) is 4.32 Å². The van der Waals surface area contributed by atoms with E-state index in [1.165, 1.54) is 14.0 Å². The van der Waals surface area contributed by atoms with Gasteiger partial charge in [-0.15, -0.1) is 0 Å². The molecule has 2 fully saturated rings. The summed E-state index contributed by atoms with van der Waals surface area (Å²) in [4.78, 5) is 49.6. The molecular weight excluding hydrogens is 548 g/mol. The van der Waals surface area contributed by atoms with Crippen molar-refractivity contribution < 1.29 is 9.53 Å². The molecule has 204 valence electrons. The van der Waals surface area contributed by atoms with Gasteiger partial charge in [0.05, 0.1) is 35.1 Å². The Bertz CT molecular complexity index is 1830. The van der Waals surface area contributed by atoms with Crippen LogP contribution < -0.4 is 20.9 Å². The number of para-hydroxylation sites is 1. The van der Waals surface area contributed by atoms with E-state index in [0.717, 1.165) is 17.3 Å². The normalized spacial score (nSPS) is 17.0. The summed E-state index contributed by atoms with van der Waals surface area (Å²) in [6.07, 6.45) is 3.23. The second kappa shape index (κ2) is 10.2. The summed E-state index contributed by atoms with van der Waals surface area (Å²) in [5, 5.41) is 0. The first kappa shape index (κ1) is 26.2. The average molecular weight is 575 g/mol. The molecule has 10 nitrogen and oxygen atoms in total. The molecular formula is C28H26N6O4S2. The van der Waals surface area contributed by atoms with E-state index in [-0.39, 0.29) is 31.6 Å². The SMILES string of the molecule is Cc1cccn2c(=O)c(C=C3SC(=S)N(c4c(C)n(C)n(-c5ccccc5)c4=O)C3=O)c(N3CCOCC3)nc12. The van der Waals surface area contributed by atoms with Crippen molar-refractivity contribution in [2.75, 3.05) is 36.1 Å². The molecule has 0 radical (unpaired) electrons. The largest absolute Gasteiger partial charge is 0.378 e. The molecule has 0 saturated carbocycles. The first-order chi connectivity index (χ1) is 19.3. The van der Waals surface area contributed by atoms with Crippen LogP contribution in [0.5, 0.6) is 0 Å². The van der Waals surface area contributed by atoms with Crippen molar-refractivity contribution in [2.45, 2.75) is 13.8 Å². The average Bonchev–Trinajstić information content (AvgIpc) is 3.35. The number of hydrogen-bond acceptors (Lipinski definition) is 8. The van der Waals surface area contributed by atoms with Gasteiger partial charge < -0.3 is 9.64 Å². The van der Waals surface area contributed by atoms with Crippen molar-refractivity contribution in [3.8, 4) is 5.69 Å². The van der Waals surface area contributed by atoms with E-state index in [4.69, 9.17) is 21.9 Å². The zero-order valence-electron chi connectivity index (χ0n) is 22.2. The lowest BCUT2D eigenvalue weighted by atomic mass is 10.2. The molecule has 1 aromatic carbocycles. The quantitative estimate of drug-likeness (QED) is 0.271. The number of nitrogens with zero attached hydrogens (tertiary/aromatic N) is 6. The number of rotatable bonds is 4. The molecule has 12 heteroatoms. The summed E-state index contributed by atoms with van der Waals surface area (Å²) in [6.45, 7) is 5.84. The smallest absolute Gasteiger partial charge is 0.296 e. The van der Waals surface area contributed by atoms with Crippen molar-refractivity contribution in [1.29, 1.82) is 0 Å². The van der Waals surface area contributed by atoms with E-state index < -0.39 is 5.91 Å². The second-order valence-corrected chi connectivity index (χ2v) is 11.2. The summed E-state index contributed by atoms with van der Waals surface area (Å²) in [5.74, 6) is 0.0397. The zero-order chi connectivity index (χ0) is 28.1. The standard InChI is InChI=1S/C28H26N6O4S2/c1-17-8-7-11-32-23(17)29-24(31-12-14-38-15-13-31)20(25(32)35)16-21-26(36)33(28(39)40-21)22-18(2)30(3)34(27(22)37)19-9-5-4-6-10-19/h4-11,16H,12-15H2,1-3H3. The zero-order valence-corrected chi connectivity index (χ0v) is 23.8. The number of fused-ring (bicyclic) bond motifs is 1. The van der Waals surface area contributed by atoms with Crippen LogP contribution in [0.3, 0.4) is 0 Å². The lowest BCUT2D eigenvalue weighted by molar-refractivity contribution is -0.113. The lowest BCUT2D eigenvalue weighted by Gasteiger charge is -2.29. The summed E-state index contributed by atoms with van der Waals surface area (Å²) in [6, 6.07) is 12.9. The number of aromatic nitrogens is 4. The third-order valence-corrected chi connectivity index (χ3v) is 8.49. The number of anilines is 2. The maximum atomic E-state index is 13.8. The summed E-state index contributed by atoms with van der Waals surface area (Å²) < 4.78 is 10.4. The minimum Gasteiger partial charge on any atom is -0.378 e. The van der Waals surface area contributed by atoms with Crippen molar-refractivity contribution in [2.24, 2.45) is 7.05 Å². The molecule has 0 spiro atoms. The molecule has 0 aliphatic carbocycles. The van der Waals surface area contributed by atoms with Gasteiger partial charge in [0.25, 0.3) is 17.0 Å². The van der Waals surface area contributed by atoms with Gasteiger partial charge in [-0.05, 0) is 43.7 Å². The van der Waals surface area contributed by atoms with Crippen LogP contribution in [-0.4, -0.2) is 55.3 Å². The summed E-state index contributed by atoms with van der Waals surface area (Å²) in [7, 11) is 1.76. The maximum absolute atomic E-state index is 13.8. The van der Waals surface area contributed by atoms with Crippen LogP contribution in [0.25, 0.3) is 17.4 Å². The maximum Gasteiger partial charge on any atom is 0.296 e. The van der Waals surface area contributed by atoms with Crippen LogP contribution in [0.15, 0.2) is 63.2 Å². The fourth-order valence-electron chi connectivity index (χ4n) is 5.05. The number of aryl methyl sites for hydroxylation is 1. The van der Waals surface area contributed by atoms with Crippen LogP contribution >= 0.6 is 24.0 Å². The van der Waals surface area contributed by atoms with Gasteiger partial charge in [0.1, 0.15) is 17.2 Å². The fraction of sp³-hybridized carbons (Fsp3) is 0.250. The van der Waals surface area contributed by atoms with Gasteiger partial charge in [-0.2, -0.15) is 0 Å². The summed E-state index contributed by atoms with van der Waals surface area (Å²) >= 11 is 6.67. The molecule has 2 aliphatic rings. The van der Waals surface area contributed by atoms with Crippen LogP contribution in [0.4, 0.5) is 11.5 Å². The highest BCUT2D eigenvalue weighted by Gasteiger charge is 2.38. The van der Waals surface area contributed by atoms with E-state index in [9.17, 15) is 14.4 Å². The number of pyridine rings is 1. The van der Waals surface area contributed by atoms with Crippen LogP contribution in [0.1, 0.15) is 16.8 Å². The fourth-order valence-corrected chi connectivity index (χ4v) is 6.30. The number of carbonyl (C=O) groups excluding carboxylic acids is 1. The predicted octanol–water partition coefficient (Wildman–Crippen LogP) is 3.04. The first-order valence-electron chi connectivity index (χ1n) is 12.7. The molecule has 3 aromatic heterocycles. The molecule has 0 unspecified atom stereocenters. The van der Waals surface area contributed by atoms with Crippen molar-refractivity contribution in [3.63, 3.8) is 0 Å².